The second-order valence-corrected chi connectivity index (χ2v) is 33.5. The molecule has 0 unspecified atom stereocenters. The van der Waals surface area contributed by atoms with E-state index in [2.05, 4.69) is 128 Å². The molecule has 18 rings (SSSR count). The van der Waals surface area contributed by atoms with Gasteiger partial charge in [0.2, 0.25) is 23.3 Å². The van der Waals surface area contributed by atoms with Gasteiger partial charge in [0.25, 0.3) is 0 Å². The fourth-order valence-electron chi connectivity index (χ4n) is 13.4. The van der Waals surface area contributed by atoms with Gasteiger partial charge < -0.3 is 26.0 Å². The van der Waals surface area contributed by atoms with Crippen LogP contribution < -0.4 is 77.6 Å². The Morgan fingerprint density at radius 2 is 0.789 bits per heavy atom. The second-order valence-electron chi connectivity index (χ2n) is 32.7. The van der Waals surface area contributed by atoms with E-state index < -0.39 is 0 Å². The third-order valence-corrected chi connectivity index (χ3v) is 22.5. The van der Waals surface area contributed by atoms with Crippen LogP contribution in [0.5, 0.6) is 17.2 Å². The number of hydrogen-bond acceptors (Lipinski definition) is 17. The lowest BCUT2D eigenvalue weighted by Gasteiger charge is -2.12. The van der Waals surface area contributed by atoms with Crippen molar-refractivity contribution in [1.82, 2.24) is 9.25 Å². The Balaban J connectivity index is 0.000000155. The Morgan fingerprint density at radius 3 is 1.27 bits per heavy atom. The number of nitrogen functional groups attached to an aromatic ring is 2. The number of hydrazone groups is 4. The molecule has 0 atom stereocenters. The van der Waals surface area contributed by atoms with E-state index in [1.807, 2.05) is 467 Å². The quantitative estimate of drug-likeness (QED) is 0.0203. The van der Waals surface area contributed by atoms with E-state index in [9.17, 15) is 5.11 Å². The Labute approximate surface area is 842 Å². The summed E-state index contributed by atoms with van der Waals surface area (Å²) in [6.07, 6.45) is 40.8. The Morgan fingerprint density at radius 1 is 0.380 bits per heavy atom. The number of halogens is 2. The van der Waals surface area contributed by atoms with Crippen LogP contribution in [-0.4, -0.2) is 81.1 Å². The fourth-order valence-corrected chi connectivity index (χ4v) is 13.7. The highest BCUT2D eigenvalue weighted by Gasteiger charge is 2.20. The summed E-state index contributed by atoms with van der Waals surface area (Å²) in [5, 5.41) is 54.5. The number of phenols is 1. The van der Waals surface area contributed by atoms with Crippen molar-refractivity contribution in [2.75, 3.05) is 73.4 Å². The van der Waals surface area contributed by atoms with Gasteiger partial charge in [-0.15, -0.1) is 9.80 Å². The number of aromatic hydroxyl groups is 1. The van der Waals surface area contributed by atoms with Gasteiger partial charge in [0.1, 0.15) is 83.2 Å². The molecule has 0 aliphatic carbocycles. The molecule has 0 saturated carbocycles. The number of imidazole rings is 1. The highest BCUT2D eigenvalue weighted by Crippen LogP contribution is 2.36. The summed E-state index contributed by atoms with van der Waals surface area (Å²) in [4.78, 5) is 0. The molecule has 5 N–H and O–H groups in total. The average molecular weight is 1940 g/mol. The zero-order valence-electron chi connectivity index (χ0n) is 82.8. The van der Waals surface area contributed by atoms with E-state index in [0.717, 1.165) is 114 Å². The van der Waals surface area contributed by atoms with Gasteiger partial charge in [-0.3, -0.25) is 20.0 Å². The zero-order chi connectivity index (χ0) is 101. The van der Waals surface area contributed by atoms with Gasteiger partial charge in [0, 0.05) is 144 Å². The molecular formula is C113H124Cl2N24O3+8. The number of fused-ring (bicyclic) bond motifs is 2. The summed E-state index contributed by atoms with van der Waals surface area (Å²) in [5.74, 6) is 2.55. The maximum Gasteiger partial charge on any atom is 0.421 e. The minimum Gasteiger partial charge on any atom is -0.506 e. The van der Waals surface area contributed by atoms with E-state index in [1.54, 1.807) is 44.6 Å². The summed E-state index contributed by atoms with van der Waals surface area (Å²) in [6, 6.07) is 98.0. The Bertz CT molecular complexity index is 7000. The molecule has 1 aliphatic rings. The lowest BCUT2D eigenvalue weighted by molar-refractivity contribution is -0.748. The van der Waals surface area contributed by atoms with Crippen LogP contribution in [0.15, 0.2) is 419 Å². The number of ether oxygens (including phenoxy) is 2. The third kappa shape index (κ3) is 33.9. The van der Waals surface area contributed by atoms with Crippen LogP contribution in [0.1, 0.15) is 50.5 Å². The number of aromatic nitrogens is 10. The number of phenolic OH excluding ortho intramolecular Hbond substituents is 1. The average Bonchev–Trinajstić information content (AvgIpc) is 1.63. The van der Waals surface area contributed by atoms with Gasteiger partial charge in [-0.05, 0) is 205 Å². The van der Waals surface area contributed by atoms with Gasteiger partial charge >= 0.3 is 5.95 Å². The van der Waals surface area contributed by atoms with E-state index in [0.29, 0.717) is 16.4 Å². The summed E-state index contributed by atoms with van der Waals surface area (Å²) in [5.41, 5.74) is 30.2. The van der Waals surface area contributed by atoms with Crippen LogP contribution in [-0.2, 0) is 76.9 Å². The first-order valence-electron chi connectivity index (χ1n) is 45.6. The van der Waals surface area contributed by atoms with Crippen molar-refractivity contribution in [1.29, 1.82) is 0 Å². The van der Waals surface area contributed by atoms with Crippen molar-refractivity contribution in [3.8, 4) is 17.2 Å². The molecule has 9 aromatic carbocycles. The highest BCUT2D eigenvalue weighted by molar-refractivity contribution is 6.31. The van der Waals surface area contributed by atoms with Crippen molar-refractivity contribution in [2.24, 2.45) is 111 Å². The first-order chi connectivity index (χ1) is 68.7. The molecule has 142 heavy (non-hydrogen) atoms. The molecule has 0 radical (unpaired) electrons. The van der Waals surface area contributed by atoms with Crippen LogP contribution in [0.3, 0.4) is 0 Å². The molecule has 9 heterocycles. The smallest absolute Gasteiger partial charge is 0.421 e. The Kier molecular flexibility index (Phi) is 40.4. The molecule has 17 aromatic rings. The molecule has 27 nitrogen and oxygen atoms in total. The number of anilines is 6. The molecule has 0 spiro atoms. The number of azo groups is 2. The molecule has 720 valence electrons. The van der Waals surface area contributed by atoms with Crippen molar-refractivity contribution in [3.63, 3.8) is 0 Å². The van der Waals surface area contributed by atoms with Gasteiger partial charge in [-0.2, -0.15) is 30.2 Å². The largest absolute Gasteiger partial charge is 0.506 e. The number of para-hydroxylation sites is 2. The lowest BCUT2D eigenvalue weighted by atomic mass is 10.1. The number of hydrogen-bond donors (Lipinski definition) is 3. The normalized spacial score (nSPS) is 11.3. The zero-order valence-corrected chi connectivity index (χ0v) is 84.4. The van der Waals surface area contributed by atoms with Crippen molar-refractivity contribution in [3.05, 3.63) is 438 Å². The van der Waals surface area contributed by atoms with Crippen molar-refractivity contribution in [2.45, 2.75) is 6.42 Å². The monoisotopic (exact) mass is 1930 g/mol. The molecule has 1 aliphatic heterocycles. The van der Waals surface area contributed by atoms with Crippen LogP contribution in [0.2, 0.25) is 10.0 Å². The van der Waals surface area contributed by atoms with Crippen molar-refractivity contribution >= 4 is 140 Å². The third-order valence-electron chi connectivity index (χ3n) is 22.0. The number of nitrogens with zero attached hydrogens (tertiary/aromatic N) is 22. The number of methoxy groups -OCH3 is 2. The van der Waals surface area contributed by atoms with Gasteiger partial charge in [0.05, 0.1) is 94.0 Å². The van der Waals surface area contributed by atoms with E-state index in [-0.39, 0.29) is 5.75 Å². The van der Waals surface area contributed by atoms with E-state index in [4.69, 9.17) is 44.1 Å². The molecular weight excluding hydrogens is 1810 g/mol. The van der Waals surface area contributed by atoms with Crippen LogP contribution >= 0.6 is 23.2 Å². The molecule has 29 heteroatoms. The molecule has 8 aromatic heterocycles. The van der Waals surface area contributed by atoms with Gasteiger partial charge in [-0.1, -0.05) is 101 Å². The number of rotatable bonds is 21. The number of pyridine rings is 6. The highest BCUT2D eigenvalue weighted by atomic mass is 35.5. The fraction of sp³-hybridized carbons (Fsp3) is 0.150. The number of benzene rings is 9. The predicted octanol–water partition coefficient (Wildman–Crippen LogP) is 19.1. The maximum absolute atomic E-state index is 10.1. The summed E-state index contributed by atoms with van der Waals surface area (Å²) >= 11 is 11.7. The lowest BCUT2D eigenvalue weighted by Crippen LogP contribution is -2.35. The SMILES string of the molecule is CN(N=Cc1cc[n+](C)cc1)c1ccccc1.CN(N=Cc1cccc[n+]1C)c1ccc(Cl)cc1.COc1ccc(N(C)/N=C/c2cc[n+](C)cc2)cc1.COc1ccc(N=Nc2n(C)cc[n+]2C)cc1.C[n+]1ccc(C=Cc2ccc(N)cc2)cc1.C[n+]1ccccc1C=Cc1ccc(N)cc1.C[n+]1ccccc1C=NN1CCc2ccccc21.Cn1c2c(N=Nc3ccc(Cl)cc3)c(O)ccc2c[n+]1C. The van der Waals surface area contributed by atoms with Crippen LogP contribution in [0.25, 0.3) is 35.2 Å². The first-order valence-corrected chi connectivity index (χ1v) is 46.3. The molecule has 0 amide bonds. The predicted molar refractivity (Wildman–Crippen MR) is 574 cm³/mol. The topological polar surface area (TPSA) is 243 Å². The first kappa shape index (κ1) is 105. The molecule has 0 bridgehead atoms. The second kappa shape index (κ2) is 54.6. The van der Waals surface area contributed by atoms with E-state index >= 15 is 0 Å². The van der Waals surface area contributed by atoms with E-state index in [1.165, 1.54) is 22.5 Å². The standard InChI is InChI=1S/C15H13ClN4O.C15H18N3O.C15H16N3.C14H15ClN3.C14H16N3.2C14H14N2.C12H15N4O/c1-19-9-10-3-8-13(21)14(15(10)20(19)2)18-17-12-6-4-11(16)5-7-12;1-17-10-8-13(9-11-17)12-16-18(2)14-4-6-15(19-3)7-5-14;1-17-10-5-4-7-14(17)12-16-18-11-9-13-6-2-3-8-15(13)18;1-17-10-4-3-5-14(17)11-16-18(2)13-8-6-12(15)7-9-13;1-16-10-8-13(9-11-16)12-15-17(2)14-6-4-3-5-7-14;1-16-10-8-13(9-11-16)3-2-12-4-6-14(15)7-5-12;1-16-11-3-2-4-14(16)10-7-12-5-8-13(15)9-6-12;1-15-8-9-16(2)12(15)14-13-10-4-6-11(17-3)7-5-10/h3-9H,1-2H3;4-12H,1-3H3;2-8,10,12H,9,11H2,1H3;3-11H,1-2H3;3-12H,1-2H3;2*2-11,15H,1H3;4-9H,1-3H3/q;4*+1;;;+1/p+3. The number of nitrogens with two attached hydrogens (primary N) is 2. The minimum absolute atomic E-state index is 0.0991. The Hall–Kier alpha value is -17.3. The molecule has 0 saturated heterocycles. The maximum atomic E-state index is 10.1. The summed E-state index contributed by atoms with van der Waals surface area (Å²) in [6.45, 7) is 0.965. The minimum atomic E-state index is 0.0991. The van der Waals surface area contributed by atoms with Gasteiger partial charge in [-0.25, -0.2) is 36.5 Å². The number of aryl methyl sites for hydroxylation is 10. The van der Waals surface area contributed by atoms with Gasteiger partial charge in [0.15, 0.2) is 68.5 Å². The van der Waals surface area contributed by atoms with Crippen molar-refractivity contribution < 1.29 is 51.2 Å². The summed E-state index contributed by atoms with van der Waals surface area (Å²) < 4.78 is 30.0. The van der Waals surface area contributed by atoms with Crippen LogP contribution in [0.4, 0.5) is 57.1 Å². The van der Waals surface area contributed by atoms with Crippen LogP contribution in [0, 0.1) is 0 Å². The molecule has 0 fully saturated rings. The summed E-state index contributed by atoms with van der Waals surface area (Å²) in [7, 11) is 28.8.